The Bertz CT molecular complexity index is 1380. The molecule has 1 aliphatic rings. The largest absolute Gasteiger partial charge is 0.349 e. The van der Waals surface area contributed by atoms with Crippen LogP contribution in [0, 0.1) is 0 Å². The van der Waals surface area contributed by atoms with Crippen LogP contribution < -0.4 is 16.3 Å². The van der Waals surface area contributed by atoms with Gasteiger partial charge in [-0.25, -0.2) is 4.98 Å². The fraction of sp³-hybridized carbons (Fsp3) is 0.130. The first kappa shape index (κ1) is 18.1. The molecule has 30 heavy (non-hydrogen) atoms. The van der Waals surface area contributed by atoms with Crippen molar-refractivity contribution in [1.82, 2.24) is 19.9 Å². The Morgan fingerprint density at radius 2 is 1.93 bits per heavy atom. The zero-order valence-corrected chi connectivity index (χ0v) is 16.0. The van der Waals surface area contributed by atoms with Crippen LogP contribution in [0.4, 0.5) is 0 Å². The van der Waals surface area contributed by atoms with E-state index in [1.54, 1.807) is 41.4 Å². The first-order chi connectivity index (χ1) is 14.6. The van der Waals surface area contributed by atoms with E-state index in [9.17, 15) is 14.4 Å². The number of aromatic nitrogens is 3. The van der Waals surface area contributed by atoms with Crippen LogP contribution >= 0.6 is 0 Å². The summed E-state index contributed by atoms with van der Waals surface area (Å²) in [6, 6.07) is 14.4. The Balaban J connectivity index is 1.68. The van der Waals surface area contributed by atoms with Gasteiger partial charge < -0.3 is 14.9 Å². The lowest BCUT2D eigenvalue weighted by Gasteiger charge is -2.14. The van der Waals surface area contributed by atoms with Gasteiger partial charge in [0.2, 0.25) is 11.0 Å². The molecular formula is C23H18N4O3. The summed E-state index contributed by atoms with van der Waals surface area (Å²) in [6.45, 7) is 0. The molecule has 3 aromatic heterocycles. The lowest BCUT2D eigenvalue weighted by Crippen LogP contribution is -2.31. The van der Waals surface area contributed by atoms with Gasteiger partial charge in [-0.15, -0.1) is 0 Å². The number of carbonyl (C=O) groups excluding carboxylic acids is 1. The molecule has 0 saturated heterocycles. The number of fused-ring (bicyclic) bond motifs is 1. The third-order valence-corrected chi connectivity index (χ3v) is 5.16. The zero-order valence-electron chi connectivity index (χ0n) is 16.0. The minimum absolute atomic E-state index is 0.0943. The molecule has 7 heteroatoms. The zero-order chi connectivity index (χ0) is 20.7. The topological polar surface area (TPSA) is 96.8 Å². The van der Waals surface area contributed by atoms with Gasteiger partial charge >= 0.3 is 0 Å². The van der Waals surface area contributed by atoms with Crippen LogP contribution in [0.5, 0.6) is 0 Å². The number of amides is 1. The lowest BCUT2D eigenvalue weighted by molar-refractivity contribution is 0.0949. The molecule has 1 aromatic carbocycles. The molecule has 1 aliphatic carbocycles. The average molecular weight is 398 g/mol. The van der Waals surface area contributed by atoms with E-state index in [1.165, 1.54) is 6.07 Å². The Kier molecular flexibility index (Phi) is 4.28. The molecule has 1 fully saturated rings. The number of hydrogen-bond donors (Lipinski definition) is 2. The van der Waals surface area contributed by atoms with Gasteiger partial charge in [0, 0.05) is 36.4 Å². The second-order valence-electron chi connectivity index (χ2n) is 7.36. The average Bonchev–Trinajstić information content (AvgIpc) is 3.59. The van der Waals surface area contributed by atoms with Crippen LogP contribution in [-0.2, 0) is 0 Å². The number of pyridine rings is 3. The summed E-state index contributed by atoms with van der Waals surface area (Å²) in [5.41, 5.74) is 2.56. The molecule has 0 bridgehead atoms. The summed E-state index contributed by atoms with van der Waals surface area (Å²) in [4.78, 5) is 44.0. The van der Waals surface area contributed by atoms with Crippen molar-refractivity contribution in [2.45, 2.75) is 18.9 Å². The van der Waals surface area contributed by atoms with E-state index in [1.807, 2.05) is 24.3 Å². The highest BCUT2D eigenvalue weighted by molar-refractivity contribution is 5.97. The number of nitrogens with one attached hydrogen (secondary N) is 2. The van der Waals surface area contributed by atoms with E-state index in [0.29, 0.717) is 11.0 Å². The fourth-order valence-electron chi connectivity index (χ4n) is 3.43. The summed E-state index contributed by atoms with van der Waals surface area (Å²) in [5, 5.41) is 3.28. The number of nitrogens with zero attached hydrogens (tertiary/aromatic N) is 2. The SMILES string of the molecule is O=C(NC1CC1)c1cn(-c2cccc(-c3ccc(=O)[nH]c3)c2)c2ncccc2c1=O. The van der Waals surface area contributed by atoms with Crippen molar-refractivity contribution >= 4 is 16.9 Å². The first-order valence-electron chi connectivity index (χ1n) is 9.71. The number of aromatic amines is 1. The predicted molar refractivity (Wildman–Crippen MR) is 114 cm³/mol. The molecule has 5 rings (SSSR count). The van der Waals surface area contributed by atoms with Crippen LogP contribution in [0.25, 0.3) is 27.8 Å². The van der Waals surface area contributed by atoms with Gasteiger partial charge in [0.25, 0.3) is 5.91 Å². The van der Waals surface area contributed by atoms with Gasteiger partial charge in [0.15, 0.2) is 0 Å². The van der Waals surface area contributed by atoms with Crippen LogP contribution in [0.1, 0.15) is 23.2 Å². The number of hydrogen-bond acceptors (Lipinski definition) is 4. The van der Waals surface area contributed by atoms with E-state index in [-0.39, 0.29) is 28.5 Å². The molecular weight excluding hydrogens is 380 g/mol. The smallest absolute Gasteiger partial charge is 0.257 e. The minimum Gasteiger partial charge on any atom is -0.349 e. The lowest BCUT2D eigenvalue weighted by atomic mass is 10.1. The standard InChI is InChI=1S/C23H18N4O3/c28-20-9-6-15(12-25-20)14-3-1-4-17(11-14)27-13-19(23(30)26-16-7-8-16)21(29)18-5-2-10-24-22(18)27/h1-6,9-13,16H,7-8H2,(H,25,28)(H,26,30). The number of H-pyrrole nitrogens is 1. The molecule has 0 aliphatic heterocycles. The molecule has 0 radical (unpaired) electrons. The summed E-state index contributed by atoms with van der Waals surface area (Å²) >= 11 is 0. The van der Waals surface area contributed by atoms with Gasteiger partial charge in [-0.05, 0) is 54.3 Å². The van der Waals surface area contributed by atoms with Crippen molar-refractivity contribution in [2.75, 3.05) is 0 Å². The highest BCUT2D eigenvalue weighted by atomic mass is 16.2. The Labute approximate surface area is 171 Å². The maximum atomic E-state index is 12.9. The molecule has 1 saturated carbocycles. The second kappa shape index (κ2) is 7.11. The van der Waals surface area contributed by atoms with E-state index in [0.717, 1.165) is 29.7 Å². The maximum Gasteiger partial charge on any atom is 0.257 e. The summed E-state index contributed by atoms with van der Waals surface area (Å²) in [6.07, 6.45) is 6.71. The molecule has 0 spiro atoms. The van der Waals surface area contributed by atoms with Gasteiger partial charge in [0.1, 0.15) is 11.2 Å². The highest BCUT2D eigenvalue weighted by Crippen LogP contribution is 2.23. The van der Waals surface area contributed by atoms with Gasteiger partial charge in [-0.1, -0.05) is 12.1 Å². The summed E-state index contributed by atoms with van der Waals surface area (Å²) in [7, 11) is 0. The predicted octanol–water partition coefficient (Wildman–Crippen LogP) is 2.63. The molecule has 2 N–H and O–H groups in total. The van der Waals surface area contributed by atoms with E-state index >= 15 is 0 Å². The first-order valence-corrected chi connectivity index (χ1v) is 9.71. The molecule has 0 atom stereocenters. The van der Waals surface area contributed by atoms with Crippen LogP contribution in [0.15, 0.2) is 76.7 Å². The maximum absolute atomic E-state index is 12.9. The highest BCUT2D eigenvalue weighted by Gasteiger charge is 2.26. The van der Waals surface area contributed by atoms with Crippen molar-refractivity contribution in [1.29, 1.82) is 0 Å². The molecule has 1 amide bonds. The van der Waals surface area contributed by atoms with E-state index in [4.69, 9.17) is 0 Å². The minimum atomic E-state index is -0.362. The molecule has 148 valence electrons. The number of rotatable bonds is 4. The Morgan fingerprint density at radius 3 is 2.70 bits per heavy atom. The third-order valence-electron chi connectivity index (χ3n) is 5.16. The normalized spacial score (nSPS) is 13.3. The molecule has 4 aromatic rings. The van der Waals surface area contributed by atoms with Gasteiger partial charge in [-0.3, -0.25) is 14.4 Å². The second-order valence-corrected chi connectivity index (χ2v) is 7.36. The van der Waals surface area contributed by atoms with Gasteiger partial charge in [0.05, 0.1) is 5.39 Å². The quantitative estimate of drug-likeness (QED) is 0.552. The molecule has 3 heterocycles. The third kappa shape index (κ3) is 3.30. The number of benzene rings is 1. The molecule has 7 nitrogen and oxygen atoms in total. The van der Waals surface area contributed by atoms with Crippen molar-refractivity contribution in [3.63, 3.8) is 0 Å². The van der Waals surface area contributed by atoms with Crippen LogP contribution in [0.2, 0.25) is 0 Å². The Morgan fingerprint density at radius 1 is 1.07 bits per heavy atom. The van der Waals surface area contributed by atoms with Crippen LogP contribution in [0.3, 0.4) is 0 Å². The summed E-state index contributed by atoms with van der Waals surface area (Å²) in [5.74, 6) is -0.362. The van der Waals surface area contributed by atoms with E-state index in [2.05, 4.69) is 15.3 Å². The van der Waals surface area contributed by atoms with Crippen molar-refractivity contribution < 1.29 is 4.79 Å². The summed E-state index contributed by atoms with van der Waals surface area (Å²) < 4.78 is 1.76. The van der Waals surface area contributed by atoms with E-state index < -0.39 is 0 Å². The number of carbonyl (C=O) groups is 1. The van der Waals surface area contributed by atoms with Crippen molar-refractivity contribution in [3.8, 4) is 16.8 Å². The van der Waals surface area contributed by atoms with Gasteiger partial charge in [-0.2, -0.15) is 0 Å². The van der Waals surface area contributed by atoms with Crippen molar-refractivity contribution in [3.05, 3.63) is 93.3 Å². The monoisotopic (exact) mass is 398 g/mol. The molecule has 0 unspecified atom stereocenters. The van der Waals surface area contributed by atoms with Crippen molar-refractivity contribution in [2.24, 2.45) is 0 Å². The van der Waals surface area contributed by atoms with Crippen LogP contribution in [-0.4, -0.2) is 26.5 Å². The Hall–Kier alpha value is -4.00. The fourth-order valence-corrected chi connectivity index (χ4v) is 3.43.